The zero-order valence-corrected chi connectivity index (χ0v) is 14.5. The summed E-state index contributed by atoms with van der Waals surface area (Å²) >= 11 is 5.07. The molecule has 0 amide bonds. The standard InChI is InChI=1S/C15H10BrN5O2S/c16-14-12(17-13-3-1-2-6-20(13)14)8-24-15-18-10-5-4-9(21(22)23)7-11(10)19-15/h1-7H,8H2,(H,18,19). The largest absolute Gasteiger partial charge is 0.333 e. The van der Waals surface area contributed by atoms with Gasteiger partial charge in [0.25, 0.3) is 5.69 Å². The Hall–Kier alpha value is -2.39. The number of fused-ring (bicyclic) bond motifs is 2. The number of halogens is 1. The van der Waals surface area contributed by atoms with Crippen molar-refractivity contribution in [3.8, 4) is 0 Å². The molecule has 0 atom stereocenters. The van der Waals surface area contributed by atoms with Gasteiger partial charge in [0.2, 0.25) is 0 Å². The van der Waals surface area contributed by atoms with E-state index in [0.717, 1.165) is 15.9 Å². The van der Waals surface area contributed by atoms with Gasteiger partial charge in [-0.15, -0.1) is 0 Å². The third-order valence-corrected chi connectivity index (χ3v) is 5.26. The number of rotatable bonds is 4. The Morgan fingerprint density at radius 3 is 2.96 bits per heavy atom. The Morgan fingerprint density at radius 2 is 2.17 bits per heavy atom. The van der Waals surface area contributed by atoms with Gasteiger partial charge in [-0.05, 0) is 34.1 Å². The highest BCUT2D eigenvalue weighted by Gasteiger charge is 2.13. The average Bonchev–Trinajstić information content (AvgIpc) is 3.13. The van der Waals surface area contributed by atoms with E-state index in [4.69, 9.17) is 0 Å². The van der Waals surface area contributed by atoms with Crippen molar-refractivity contribution >= 4 is 50.1 Å². The van der Waals surface area contributed by atoms with E-state index < -0.39 is 4.92 Å². The topological polar surface area (TPSA) is 89.1 Å². The molecular formula is C15H10BrN5O2S. The van der Waals surface area contributed by atoms with Gasteiger partial charge >= 0.3 is 0 Å². The summed E-state index contributed by atoms with van der Waals surface area (Å²) in [4.78, 5) is 22.6. The predicted molar refractivity (Wildman–Crippen MR) is 95.2 cm³/mol. The van der Waals surface area contributed by atoms with E-state index in [9.17, 15) is 10.1 Å². The first-order valence-electron chi connectivity index (χ1n) is 7.00. The molecule has 0 bridgehead atoms. The van der Waals surface area contributed by atoms with Crippen LogP contribution in [0.25, 0.3) is 16.7 Å². The Balaban J connectivity index is 1.59. The quantitative estimate of drug-likeness (QED) is 0.313. The lowest BCUT2D eigenvalue weighted by Crippen LogP contribution is -1.86. The lowest BCUT2D eigenvalue weighted by atomic mass is 10.3. The number of imidazole rings is 2. The first kappa shape index (κ1) is 15.2. The number of non-ortho nitro benzene ring substituents is 1. The number of benzene rings is 1. The van der Waals surface area contributed by atoms with Gasteiger partial charge in [-0.2, -0.15) is 0 Å². The second-order valence-electron chi connectivity index (χ2n) is 5.07. The normalized spacial score (nSPS) is 11.4. The van der Waals surface area contributed by atoms with Gasteiger partial charge < -0.3 is 4.98 Å². The van der Waals surface area contributed by atoms with Gasteiger partial charge in [-0.3, -0.25) is 14.5 Å². The van der Waals surface area contributed by atoms with Crippen LogP contribution in [-0.2, 0) is 5.75 Å². The van der Waals surface area contributed by atoms with Gasteiger partial charge in [0.15, 0.2) is 5.16 Å². The summed E-state index contributed by atoms with van der Waals surface area (Å²) in [5.41, 5.74) is 3.20. The molecule has 24 heavy (non-hydrogen) atoms. The van der Waals surface area contributed by atoms with E-state index in [2.05, 4.69) is 30.9 Å². The van der Waals surface area contributed by atoms with Crippen molar-refractivity contribution in [2.75, 3.05) is 0 Å². The zero-order chi connectivity index (χ0) is 16.7. The predicted octanol–water partition coefficient (Wildman–Crippen LogP) is 4.17. The average molecular weight is 404 g/mol. The molecule has 7 nitrogen and oxygen atoms in total. The number of aromatic nitrogens is 4. The number of thioether (sulfide) groups is 1. The van der Waals surface area contributed by atoms with Gasteiger partial charge in [-0.1, -0.05) is 17.8 Å². The molecule has 0 unspecified atom stereocenters. The van der Waals surface area contributed by atoms with Crippen molar-refractivity contribution in [3.63, 3.8) is 0 Å². The molecule has 0 aliphatic heterocycles. The monoisotopic (exact) mass is 403 g/mol. The van der Waals surface area contributed by atoms with Crippen molar-refractivity contribution in [3.05, 3.63) is 63.0 Å². The van der Waals surface area contributed by atoms with Crippen molar-refractivity contribution in [1.82, 2.24) is 19.4 Å². The summed E-state index contributed by atoms with van der Waals surface area (Å²) in [5, 5.41) is 11.5. The third kappa shape index (κ3) is 2.65. The van der Waals surface area contributed by atoms with Crippen LogP contribution < -0.4 is 0 Å². The molecule has 0 spiro atoms. The SMILES string of the molecule is O=[N+]([O-])c1ccc2nc(SCc3nc4ccccn4c3Br)[nH]c2c1. The number of pyridine rings is 1. The summed E-state index contributed by atoms with van der Waals surface area (Å²) in [6.07, 6.45) is 1.95. The van der Waals surface area contributed by atoms with E-state index in [0.29, 0.717) is 21.9 Å². The van der Waals surface area contributed by atoms with E-state index in [-0.39, 0.29) is 5.69 Å². The molecule has 0 aliphatic carbocycles. The number of hydrogen-bond acceptors (Lipinski definition) is 5. The van der Waals surface area contributed by atoms with Gasteiger partial charge in [0, 0.05) is 24.1 Å². The first-order chi connectivity index (χ1) is 11.6. The number of hydrogen-bond donors (Lipinski definition) is 1. The summed E-state index contributed by atoms with van der Waals surface area (Å²) < 4.78 is 2.88. The van der Waals surface area contributed by atoms with Gasteiger partial charge in [-0.25, -0.2) is 9.97 Å². The first-order valence-corrected chi connectivity index (χ1v) is 8.78. The van der Waals surface area contributed by atoms with Crippen molar-refractivity contribution in [2.24, 2.45) is 0 Å². The number of aromatic amines is 1. The summed E-state index contributed by atoms with van der Waals surface area (Å²) in [7, 11) is 0. The number of H-pyrrole nitrogens is 1. The van der Waals surface area contributed by atoms with Crippen LogP contribution in [0.3, 0.4) is 0 Å². The summed E-state index contributed by atoms with van der Waals surface area (Å²) in [6, 6.07) is 10.4. The van der Waals surface area contributed by atoms with Crippen LogP contribution in [0.2, 0.25) is 0 Å². The molecule has 0 aliphatic rings. The fourth-order valence-electron chi connectivity index (χ4n) is 2.40. The molecule has 0 saturated carbocycles. The van der Waals surface area contributed by atoms with Crippen molar-refractivity contribution in [2.45, 2.75) is 10.9 Å². The fraction of sp³-hybridized carbons (Fsp3) is 0.0667. The minimum atomic E-state index is -0.416. The molecular weight excluding hydrogens is 394 g/mol. The Labute approximate surface area is 148 Å². The molecule has 4 rings (SSSR count). The molecule has 0 fully saturated rings. The maximum absolute atomic E-state index is 10.8. The smallest absolute Gasteiger partial charge is 0.271 e. The van der Waals surface area contributed by atoms with Gasteiger partial charge in [0.05, 0.1) is 21.7 Å². The Kier molecular flexibility index (Phi) is 3.73. The fourth-order valence-corrected chi connectivity index (χ4v) is 3.93. The number of nitro groups is 1. The van der Waals surface area contributed by atoms with E-state index in [1.807, 2.05) is 28.8 Å². The van der Waals surface area contributed by atoms with Crippen LogP contribution in [-0.4, -0.2) is 24.3 Å². The van der Waals surface area contributed by atoms with E-state index in [1.165, 1.54) is 23.9 Å². The molecule has 0 saturated heterocycles. The van der Waals surface area contributed by atoms with Crippen LogP contribution in [0.4, 0.5) is 5.69 Å². The molecule has 1 aromatic carbocycles. The van der Waals surface area contributed by atoms with Gasteiger partial charge in [0.1, 0.15) is 10.3 Å². The lowest BCUT2D eigenvalue weighted by Gasteiger charge is -1.96. The maximum Gasteiger partial charge on any atom is 0.271 e. The Bertz CT molecular complexity index is 1070. The van der Waals surface area contributed by atoms with Crippen LogP contribution in [0.15, 0.2) is 52.4 Å². The second-order valence-corrected chi connectivity index (χ2v) is 6.78. The summed E-state index contributed by atoms with van der Waals surface area (Å²) in [6.45, 7) is 0. The number of nitrogens with zero attached hydrogens (tertiary/aromatic N) is 4. The minimum absolute atomic E-state index is 0.0470. The van der Waals surface area contributed by atoms with Crippen LogP contribution in [0.5, 0.6) is 0 Å². The molecule has 3 heterocycles. The third-order valence-electron chi connectivity index (χ3n) is 3.54. The maximum atomic E-state index is 10.8. The van der Waals surface area contributed by atoms with E-state index in [1.54, 1.807) is 6.07 Å². The van der Waals surface area contributed by atoms with Crippen molar-refractivity contribution in [1.29, 1.82) is 0 Å². The molecule has 0 radical (unpaired) electrons. The highest BCUT2D eigenvalue weighted by Crippen LogP contribution is 2.28. The number of nitrogens with one attached hydrogen (secondary N) is 1. The molecule has 4 aromatic rings. The van der Waals surface area contributed by atoms with Crippen molar-refractivity contribution < 1.29 is 4.92 Å². The molecule has 3 aromatic heterocycles. The highest BCUT2D eigenvalue weighted by atomic mass is 79.9. The second kappa shape index (κ2) is 5.91. The zero-order valence-electron chi connectivity index (χ0n) is 12.1. The lowest BCUT2D eigenvalue weighted by molar-refractivity contribution is -0.384. The molecule has 9 heteroatoms. The Morgan fingerprint density at radius 1 is 1.29 bits per heavy atom. The molecule has 120 valence electrons. The minimum Gasteiger partial charge on any atom is -0.333 e. The number of nitro benzene ring substituents is 1. The van der Waals surface area contributed by atoms with Crippen LogP contribution in [0, 0.1) is 10.1 Å². The van der Waals surface area contributed by atoms with Crippen LogP contribution >= 0.6 is 27.7 Å². The highest BCUT2D eigenvalue weighted by molar-refractivity contribution is 9.10. The van der Waals surface area contributed by atoms with Crippen LogP contribution in [0.1, 0.15) is 5.69 Å². The van der Waals surface area contributed by atoms with E-state index >= 15 is 0 Å². The summed E-state index contributed by atoms with van der Waals surface area (Å²) in [5.74, 6) is 0.629. The molecule has 1 N–H and O–H groups in total.